The molecule has 116 valence electrons. The molecule has 0 saturated carbocycles. The van der Waals surface area contributed by atoms with E-state index in [4.69, 9.17) is 10.5 Å². The van der Waals surface area contributed by atoms with Crippen LogP contribution in [-0.2, 0) is 0 Å². The van der Waals surface area contributed by atoms with Gasteiger partial charge in [0.1, 0.15) is 0 Å². The third-order valence-corrected chi connectivity index (χ3v) is 3.08. The average molecular weight is 295 g/mol. The van der Waals surface area contributed by atoms with Crippen LogP contribution >= 0.6 is 0 Å². The van der Waals surface area contributed by atoms with Crippen molar-refractivity contribution < 1.29 is 14.5 Å². The highest BCUT2D eigenvalue weighted by Crippen LogP contribution is 2.30. The van der Waals surface area contributed by atoms with Crippen LogP contribution < -0.4 is 15.8 Å². The Balaban J connectivity index is 2.98. The van der Waals surface area contributed by atoms with Crippen LogP contribution in [0.15, 0.2) is 18.2 Å². The van der Waals surface area contributed by atoms with E-state index in [0.29, 0.717) is 6.54 Å². The van der Waals surface area contributed by atoms with Crippen LogP contribution in [0.4, 0.5) is 5.69 Å². The van der Waals surface area contributed by atoms with Gasteiger partial charge in [-0.05, 0) is 18.9 Å². The molecule has 0 aliphatic heterocycles. The van der Waals surface area contributed by atoms with E-state index < -0.39 is 10.8 Å². The summed E-state index contributed by atoms with van der Waals surface area (Å²) in [6.07, 6.45) is 0. The molecule has 0 spiro atoms. The van der Waals surface area contributed by atoms with Crippen molar-refractivity contribution in [2.24, 2.45) is 11.7 Å². The SMILES string of the molecule is CCOc1c(C(=O)NCC(N)C(C)C)cccc1[N+](=O)[O-]. The molecule has 0 aliphatic rings. The van der Waals surface area contributed by atoms with Crippen molar-refractivity contribution in [2.45, 2.75) is 26.8 Å². The molecule has 7 nitrogen and oxygen atoms in total. The molecule has 0 radical (unpaired) electrons. The van der Waals surface area contributed by atoms with E-state index in [0.717, 1.165) is 0 Å². The summed E-state index contributed by atoms with van der Waals surface area (Å²) in [6, 6.07) is 4.08. The van der Waals surface area contributed by atoms with Crippen molar-refractivity contribution in [2.75, 3.05) is 13.2 Å². The van der Waals surface area contributed by atoms with Gasteiger partial charge in [-0.25, -0.2) is 0 Å². The molecule has 0 saturated heterocycles. The molecule has 1 rings (SSSR count). The van der Waals surface area contributed by atoms with E-state index in [1.165, 1.54) is 18.2 Å². The molecule has 1 unspecified atom stereocenters. The smallest absolute Gasteiger partial charge is 0.311 e. The van der Waals surface area contributed by atoms with Gasteiger partial charge in [-0.2, -0.15) is 0 Å². The Kier molecular flexibility index (Phi) is 6.10. The van der Waals surface area contributed by atoms with Crippen LogP contribution in [0.3, 0.4) is 0 Å². The number of hydrogen-bond donors (Lipinski definition) is 2. The maximum atomic E-state index is 12.2. The molecule has 1 amide bonds. The lowest BCUT2D eigenvalue weighted by molar-refractivity contribution is -0.385. The van der Waals surface area contributed by atoms with Crippen molar-refractivity contribution in [1.29, 1.82) is 0 Å². The topological polar surface area (TPSA) is 107 Å². The summed E-state index contributed by atoms with van der Waals surface area (Å²) in [7, 11) is 0. The highest BCUT2D eigenvalue weighted by Gasteiger charge is 2.23. The summed E-state index contributed by atoms with van der Waals surface area (Å²) in [5.74, 6) is -0.222. The number of nitrogens with two attached hydrogens (primary N) is 1. The highest BCUT2D eigenvalue weighted by atomic mass is 16.6. The minimum atomic E-state index is -0.568. The van der Waals surface area contributed by atoms with E-state index in [1.807, 2.05) is 13.8 Å². The molecular formula is C14H21N3O4. The summed E-state index contributed by atoms with van der Waals surface area (Å²) in [4.78, 5) is 22.6. The Hall–Kier alpha value is -2.15. The van der Waals surface area contributed by atoms with Crippen LogP contribution in [0, 0.1) is 16.0 Å². The Morgan fingerprint density at radius 2 is 2.14 bits per heavy atom. The highest BCUT2D eigenvalue weighted by molar-refractivity contribution is 5.98. The molecule has 1 aromatic rings. The van der Waals surface area contributed by atoms with Crippen molar-refractivity contribution >= 4 is 11.6 Å². The second kappa shape index (κ2) is 7.58. The van der Waals surface area contributed by atoms with Crippen molar-refractivity contribution in [3.05, 3.63) is 33.9 Å². The van der Waals surface area contributed by atoms with Crippen LogP contribution in [0.1, 0.15) is 31.1 Å². The predicted molar refractivity (Wildman–Crippen MR) is 79.4 cm³/mol. The number of benzene rings is 1. The quantitative estimate of drug-likeness (QED) is 0.588. The lowest BCUT2D eigenvalue weighted by Gasteiger charge is -2.17. The predicted octanol–water partition coefficient (Wildman–Crippen LogP) is 1.71. The first-order chi connectivity index (χ1) is 9.88. The van der Waals surface area contributed by atoms with Gasteiger partial charge >= 0.3 is 5.69 Å². The number of carbonyl (C=O) groups is 1. The summed E-state index contributed by atoms with van der Waals surface area (Å²) < 4.78 is 5.27. The third kappa shape index (κ3) is 4.42. The number of nitro groups is 1. The second-order valence-corrected chi connectivity index (χ2v) is 4.96. The number of carbonyl (C=O) groups excluding carboxylic acids is 1. The fourth-order valence-corrected chi connectivity index (χ4v) is 1.68. The number of rotatable bonds is 7. The van der Waals surface area contributed by atoms with E-state index in [-0.39, 0.29) is 35.6 Å². The van der Waals surface area contributed by atoms with E-state index >= 15 is 0 Å². The zero-order chi connectivity index (χ0) is 16.0. The standard InChI is InChI=1S/C14H21N3O4/c1-4-21-13-10(6-5-7-12(13)17(19)20)14(18)16-8-11(15)9(2)3/h5-7,9,11H,4,8,15H2,1-3H3,(H,16,18). The van der Waals surface area contributed by atoms with E-state index in [9.17, 15) is 14.9 Å². The molecule has 0 aromatic heterocycles. The number of amides is 1. The largest absolute Gasteiger partial charge is 0.487 e. The molecule has 21 heavy (non-hydrogen) atoms. The van der Waals surface area contributed by atoms with Gasteiger partial charge in [0.2, 0.25) is 5.75 Å². The Labute approximate surface area is 123 Å². The van der Waals surface area contributed by atoms with Gasteiger partial charge in [0.05, 0.1) is 17.1 Å². The van der Waals surface area contributed by atoms with Gasteiger partial charge in [0.25, 0.3) is 5.91 Å². The average Bonchev–Trinajstić information content (AvgIpc) is 2.44. The Morgan fingerprint density at radius 3 is 2.67 bits per heavy atom. The first kappa shape index (κ1) is 16.9. The maximum absolute atomic E-state index is 12.2. The molecule has 0 aliphatic carbocycles. The number of ether oxygens (including phenoxy) is 1. The number of nitro benzene ring substituents is 1. The first-order valence-corrected chi connectivity index (χ1v) is 6.82. The van der Waals surface area contributed by atoms with Gasteiger partial charge < -0.3 is 15.8 Å². The molecule has 0 bridgehead atoms. The molecule has 1 atom stereocenters. The van der Waals surface area contributed by atoms with Crippen molar-refractivity contribution in [3.63, 3.8) is 0 Å². The third-order valence-electron chi connectivity index (χ3n) is 3.08. The monoisotopic (exact) mass is 295 g/mol. The molecule has 0 heterocycles. The fourth-order valence-electron chi connectivity index (χ4n) is 1.68. The number of nitrogens with one attached hydrogen (secondary N) is 1. The Bertz CT molecular complexity index is 517. The summed E-state index contributed by atoms with van der Waals surface area (Å²) in [5.41, 5.74) is 5.78. The van der Waals surface area contributed by atoms with Gasteiger partial charge in [0.15, 0.2) is 0 Å². The molecule has 3 N–H and O–H groups in total. The summed E-state index contributed by atoms with van der Waals surface area (Å²) >= 11 is 0. The first-order valence-electron chi connectivity index (χ1n) is 6.82. The fraction of sp³-hybridized carbons (Fsp3) is 0.500. The summed E-state index contributed by atoms with van der Waals surface area (Å²) in [5, 5.41) is 13.7. The van der Waals surface area contributed by atoms with Crippen LogP contribution in [0.5, 0.6) is 5.75 Å². The zero-order valence-electron chi connectivity index (χ0n) is 12.5. The zero-order valence-corrected chi connectivity index (χ0v) is 12.5. The van der Waals surface area contributed by atoms with Gasteiger partial charge in [-0.1, -0.05) is 19.9 Å². The number of hydrogen-bond acceptors (Lipinski definition) is 5. The number of nitrogens with zero attached hydrogens (tertiary/aromatic N) is 1. The Morgan fingerprint density at radius 1 is 1.48 bits per heavy atom. The van der Waals surface area contributed by atoms with Crippen LogP contribution in [0.2, 0.25) is 0 Å². The molecule has 1 aromatic carbocycles. The normalized spacial score (nSPS) is 12.0. The van der Waals surface area contributed by atoms with Crippen molar-refractivity contribution in [1.82, 2.24) is 5.32 Å². The summed E-state index contributed by atoms with van der Waals surface area (Å²) in [6.45, 7) is 6.14. The van der Waals surface area contributed by atoms with Crippen LogP contribution in [-0.4, -0.2) is 30.0 Å². The van der Waals surface area contributed by atoms with Crippen LogP contribution in [0.25, 0.3) is 0 Å². The molecule has 7 heteroatoms. The lowest BCUT2D eigenvalue weighted by atomic mass is 10.1. The van der Waals surface area contributed by atoms with E-state index in [2.05, 4.69) is 5.32 Å². The minimum absolute atomic E-state index is 0.0133. The van der Waals surface area contributed by atoms with Gasteiger partial charge in [0, 0.05) is 18.7 Å². The van der Waals surface area contributed by atoms with Crippen molar-refractivity contribution in [3.8, 4) is 5.75 Å². The minimum Gasteiger partial charge on any atom is -0.487 e. The van der Waals surface area contributed by atoms with Gasteiger partial charge in [-0.3, -0.25) is 14.9 Å². The number of para-hydroxylation sites is 1. The molecular weight excluding hydrogens is 274 g/mol. The van der Waals surface area contributed by atoms with Gasteiger partial charge in [-0.15, -0.1) is 0 Å². The van der Waals surface area contributed by atoms with E-state index in [1.54, 1.807) is 6.92 Å². The second-order valence-electron chi connectivity index (χ2n) is 4.96. The maximum Gasteiger partial charge on any atom is 0.311 e. The lowest BCUT2D eigenvalue weighted by Crippen LogP contribution is -2.40. The molecule has 0 fully saturated rings.